The number of hydrogen-bond acceptors (Lipinski definition) is 3. The molecule has 17 heavy (non-hydrogen) atoms. The minimum absolute atomic E-state index is 0.110. The molecular weight excluding hydrogens is 216 g/mol. The molecule has 2 heterocycles. The molecule has 0 aliphatic carbocycles. The molecular formula is C13H24N2O2. The number of nitrogens with one attached hydrogen (secondary N) is 1. The molecule has 2 rings (SSSR count). The van der Waals surface area contributed by atoms with Crippen molar-refractivity contribution < 1.29 is 9.53 Å². The van der Waals surface area contributed by atoms with Gasteiger partial charge in [0.15, 0.2) is 0 Å². The number of rotatable bonds is 4. The number of piperidine rings is 1. The van der Waals surface area contributed by atoms with Crippen LogP contribution in [0.5, 0.6) is 0 Å². The SMILES string of the molecule is CCN(CC1CCCCN1)C(=O)C1CCOC1. The van der Waals surface area contributed by atoms with E-state index in [1.54, 1.807) is 0 Å². The Morgan fingerprint density at radius 3 is 2.88 bits per heavy atom. The maximum Gasteiger partial charge on any atom is 0.228 e. The van der Waals surface area contributed by atoms with Gasteiger partial charge >= 0.3 is 0 Å². The fourth-order valence-corrected chi connectivity index (χ4v) is 2.71. The highest BCUT2D eigenvalue weighted by atomic mass is 16.5. The van der Waals surface area contributed by atoms with Crippen LogP contribution in [0.1, 0.15) is 32.6 Å². The van der Waals surface area contributed by atoms with Crippen LogP contribution in [0.4, 0.5) is 0 Å². The summed E-state index contributed by atoms with van der Waals surface area (Å²) in [6.07, 6.45) is 4.65. The Bertz CT molecular complexity index is 246. The predicted octanol–water partition coefficient (Wildman–Crippen LogP) is 1.01. The third kappa shape index (κ3) is 3.42. The molecule has 0 aromatic carbocycles. The summed E-state index contributed by atoms with van der Waals surface area (Å²) in [6.45, 7) is 6.21. The summed E-state index contributed by atoms with van der Waals surface area (Å²) in [7, 11) is 0. The Kier molecular flexibility index (Phi) is 4.80. The van der Waals surface area contributed by atoms with Gasteiger partial charge < -0.3 is 15.0 Å². The largest absolute Gasteiger partial charge is 0.381 e. The van der Waals surface area contributed by atoms with Gasteiger partial charge in [-0.25, -0.2) is 0 Å². The van der Waals surface area contributed by atoms with E-state index in [9.17, 15) is 4.79 Å². The van der Waals surface area contributed by atoms with Gasteiger partial charge in [0.25, 0.3) is 0 Å². The first-order valence-corrected chi connectivity index (χ1v) is 6.91. The van der Waals surface area contributed by atoms with Crippen LogP contribution >= 0.6 is 0 Å². The van der Waals surface area contributed by atoms with Gasteiger partial charge in [0, 0.05) is 25.7 Å². The van der Waals surface area contributed by atoms with Crippen molar-refractivity contribution in [3.05, 3.63) is 0 Å². The summed E-state index contributed by atoms with van der Waals surface area (Å²) < 4.78 is 5.30. The highest BCUT2D eigenvalue weighted by Gasteiger charge is 2.28. The van der Waals surface area contributed by atoms with Crippen LogP contribution in [0.2, 0.25) is 0 Å². The maximum atomic E-state index is 12.3. The smallest absolute Gasteiger partial charge is 0.228 e. The number of ether oxygens (including phenoxy) is 1. The number of carbonyl (C=O) groups is 1. The summed E-state index contributed by atoms with van der Waals surface area (Å²) in [4.78, 5) is 14.3. The van der Waals surface area contributed by atoms with Gasteiger partial charge in [0.05, 0.1) is 12.5 Å². The first kappa shape index (κ1) is 12.8. The second-order valence-electron chi connectivity index (χ2n) is 5.08. The third-order valence-electron chi connectivity index (χ3n) is 3.83. The van der Waals surface area contributed by atoms with Crippen molar-refractivity contribution in [2.75, 3.05) is 32.8 Å². The van der Waals surface area contributed by atoms with Crippen LogP contribution in [0.3, 0.4) is 0 Å². The van der Waals surface area contributed by atoms with Crippen molar-refractivity contribution in [3.8, 4) is 0 Å². The van der Waals surface area contributed by atoms with Crippen LogP contribution in [0.15, 0.2) is 0 Å². The topological polar surface area (TPSA) is 41.6 Å². The summed E-state index contributed by atoms with van der Waals surface area (Å²) >= 11 is 0. The molecule has 2 saturated heterocycles. The Balaban J connectivity index is 1.83. The Morgan fingerprint density at radius 1 is 1.41 bits per heavy atom. The van der Waals surface area contributed by atoms with Gasteiger partial charge in [-0.1, -0.05) is 6.42 Å². The molecule has 1 amide bonds. The number of hydrogen-bond donors (Lipinski definition) is 1. The van der Waals surface area contributed by atoms with Crippen molar-refractivity contribution in [1.82, 2.24) is 10.2 Å². The molecule has 2 aliphatic rings. The Hall–Kier alpha value is -0.610. The quantitative estimate of drug-likeness (QED) is 0.797. The van der Waals surface area contributed by atoms with E-state index >= 15 is 0 Å². The zero-order valence-corrected chi connectivity index (χ0v) is 10.8. The molecule has 0 aromatic rings. The lowest BCUT2D eigenvalue weighted by Crippen LogP contribution is -2.47. The zero-order chi connectivity index (χ0) is 12.1. The van der Waals surface area contributed by atoms with Crippen molar-refractivity contribution in [2.45, 2.75) is 38.6 Å². The maximum absolute atomic E-state index is 12.3. The molecule has 4 nitrogen and oxygen atoms in total. The number of amides is 1. The first-order chi connectivity index (χ1) is 8.31. The first-order valence-electron chi connectivity index (χ1n) is 6.91. The van der Waals surface area contributed by atoms with E-state index in [1.807, 2.05) is 4.90 Å². The Morgan fingerprint density at radius 2 is 2.29 bits per heavy atom. The standard InChI is InChI=1S/C13H24N2O2/c1-2-15(9-12-5-3-4-7-14-12)13(16)11-6-8-17-10-11/h11-12,14H,2-10H2,1H3. The summed E-state index contributed by atoms with van der Waals surface area (Å²) in [5, 5.41) is 3.50. The van der Waals surface area contributed by atoms with E-state index < -0.39 is 0 Å². The highest BCUT2D eigenvalue weighted by Crippen LogP contribution is 2.17. The van der Waals surface area contributed by atoms with Gasteiger partial charge in [-0.15, -0.1) is 0 Å². The van der Waals surface area contributed by atoms with Crippen LogP contribution in [0.25, 0.3) is 0 Å². The average molecular weight is 240 g/mol. The van der Waals surface area contributed by atoms with E-state index in [4.69, 9.17) is 4.74 Å². The van der Waals surface area contributed by atoms with Crippen LogP contribution in [-0.4, -0.2) is 49.7 Å². The Labute approximate surface area is 104 Å². The van der Waals surface area contributed by atoms with Gasteiger partial charge in [-0.3, -0.25) is 4.79 Å². The number of nitrogens with zero attached hydrogens (tertiary/aromatic N) is 1. The molecule has 2 unspecified atom stereocenters. The molecule has 1 N–H and O–H groups in total. The van der Waals surface area contributed by atoms with Crippen molar-refractivity contribution in [1.29, 1.82) is 0 Å². The van der Waals surface area contributed by atoms with Gasteiger partial charge in [0.1, 0.15) is 0 Å². The highest BCUT2D eigenvalue weighted by molar-refractivity contribution is 5.79. The molecule has 2 aliphatic heterocycles. The molecule has 2 atom stereocenters. The number of likely N-dealkylation sites (N-methyl/N-ethyl adjacent to an activating group) is 1. The van der Waals surface area contributed by atoms with E-state index in [0.29, 0.717) is 12.6 Å². The lowest BCUT2D eigenvalue weighted by atomic mass is 10.0. The van der Waals surface area contributed by atoms with Crippen molar-refractivity contribution in [3.63, 3.8) is 0 Å². The summed E-state index contributed by atoms with van der Waals surface area (Å²) in [6, 6.07) is 0.495. The zero-order valence-electron chi connectivity index (χ0n) is 10.8. The summed E-state index contributed by atoms with van der Waals surface area (Å²) in [5.74, 6) is 0.399. The van der Waals surface area contributed by atoms with Crippen LogP contribution in [-0.2, 0) is 9.53 Å². The van der Waals surface area contributed by atoms with Crippen LogP contribution in [0, 0.1) is 5.92 Å². The fourth-order valence-electron chi connectivity index (χ4n) is 2.71. The lowest BCUT2D eigenvalue weighted by Gasteiger charge is -2.31. The average Bonchev–Trinajstić information content (AvgIpc) is 2.90. The normalized spacial score (nSPS) is 29.2. The lowest BCUT2D eigenvalue weighted by molar-refractivity contribution is -0.135. The molecule has 0 spiro atoms. The van der Waals surface area contributed by atoms with Gasteiger partial charge in [-0.05, 0) is 32.7 Å². The van der Waals surface area contributed by atoms with Crippen LogP contribution < -0.4 is 5.32 Å². The van der Waals surface area contributed by atoms with E-state index in [1.165, 1.54) is 19.3 Å². The predicted molar refractivity (Wildman–Crippen MR) is 66.8 cm³/mol. The third-order valence-corrected chi connectivity index (χ3v) is 3.83. The molecule has 0 saturated carbocycles. The second-order valence-corrected chi connectivity index (χ2v) is 5.08. The molecule has 2 fully saturated rings. The van der Waals surface area contributed by atoms with Crippen molar-refractivity contribution in [2.24, 2.45) is 5.92 Å². The van der Waals surface area contributed by atoms with Gasteiger partial charge in [-0.2, -0.15) is 0 Å². The molecule has 0 radical (unpaired) electrons. The van der Waals surface area contributed by atoms with Crippen molar-refractivity contribution >= 4 is 5.91 Å². The molecule has 98 valence electrons. The van der Waals surface area contributed by atoms with E-state index in [-0.39, 0.29) is 11.8 Å². The minimum atomic E-state index is 0.110. The summed E-state index contributed by atoms with van der Waals surface area (Å²) in [5.41, 5.74) is 0. The number of carbonyl (C=O) groups excluding carboxylic acids is 1. The molecule has 0 aromatic heterocycles. The monoisotopic (exact) mass is 240 g/mol. The second kappa shape index (κ2) is 6.36. The molecule has 0 bridgehead atoms. The minimum Gasteiger partial charge on any atom is -0.381 e. The fraction of sp³-hybridized carbons (Fsp3) is 0.923. The molecule has 4 heteroatoms. The van der Waals surface area contributed by atoms with E-state index in [2.05, 4.69) is 12.2 Å². The van der Waals surface area contributed by atoms with E-state index in [0.717, 1.165) is 32.7 Å². The van der Waals surface area contributed by atoms with Gasteiger partial charge in [0.2, 0.25) is 5.91 Å².